The van der Waals surface area contributed by atoms with E-state index >= 15 is 0 Å². The van der Waals surface area contributed by atoms with Gasteiger partial charge < -0.3 is 20.5 Å². The van der Waals surface area contributed by atoms with Crippen LogP contribution in [0.5, 0.6) is 0 Å². The lowest BCUT2D eigenvalue weighted by molar-refractivity contribution is 0.0310. The van der Waals surface area contributed by atoms with Crippen LogP contribution in [0.4, 0.5) is 0 Å². The number of aliphatic hydroxyl groups is 1. The number of hydrogen-bond donors (Lipinski definition) is 3. The number of nitrogens with zero attached hydrogens (tertiary/aromatic N) is 1. The van der Waals surface area contributed by atoms with Gasteiger partial charge in [0.1, 0.15) is 0 Å². The molecule has 0 aliphatic carbocycles. The molecule has 0 radical (unpaired) electrons. The van der Waals surface area contributed by atoms with E-state index in [4.69, 9.17) is 9.84 Å². The van der Waals surface area contributed by atoms with Crippen molar-refractivity contribution in [2.24, 2.45) is 10.9 Å². The van der Waals surface area contributed by atoms with E-state index in [9.17, 15) is 0 Å². The summed E-state index contributed by atoms with van der Waals surface area (Å²) in [7, 11) is 1.70. The molecule has 0 rings (SSSR count). The molecular formula is C15H33N3O2. The van der Waals surface area contributed by atoms with Crippen molar-refractivity contribution in [2.45, 2.75) is 52.6 Å². The number of aliphatic hydroxyl groups excluding tert-OH is 1. The minimum atomic E-state index is -0.254. The van der Waals surface area contributed by atoms with Crippen LogP contribution in [-0.4, -0.2) is 50.0 Å². The Balaban J connectivity index is 4.40. The fourth-order valence-corrected chi connectivity index (χ4v) is 1.86. The summed E-state index contributed by atoms with van der Waals surface area (Å²) in [5.74, 6) is 1.31. The molecule has 5 heteroatoms. The highest BCUT2D eigenvalue weighted by molar-refractivity contribution is 5.79. The number of hydrogen-bond acceptors (Lipinski definition) is 3. The van der Waals surface area contributed by atoms with Crippen molar-refractivity contribution in [3.63, 3.8) is 0 Å². The normalized spacial score (nSPS) is 14.2. The zero-order chi connectivity index (χ0) is 15.4. The number of rotatable bonds is 10. The molecule has 0 aliphatic rings. The molecule has 3 N–H and O–H groups in total. The number of guanidine groups is 1. The summed E-state index contributed by atoms with van der Waals surface area (Å²) in [6, 6.07) is 0. The Hall–Kier alpha value is -0.810. The highest BCUT2D eigenvalue weighted by Crippen LogP contribution is 2.10. The maximum Gasteiger partial charge on any atom is 0.191 e. The summed E-state index contributed by atoms with van der Waals surface area (Å²) in [6.45, 7) is 10.8. The van der Waals surface area contributed by atoms with E-state index in [1.807, 2.05) is 13.8 Å². The molecule has 0 aromatic heterocycles. The SMILES string of the molecule is CCCC(CCO)CNC(=NCC(C)(C)OC)NCC. The zero-order valence-electron chi connectivity index (χ0n) is 13.8. The van der Waals surface area contributed by atoms with Crippen molar-refractivity contribution in [1.82, 2.24) is 10.6 Å². The van der Waals surface area contributed by atoms with Crippen LogP contribution in [-0.2, 0) is 4.74 Å². The van der Waals surface area contributed by atoms with Gasteiger partial charge in [0.15, 0.2) is 5.96 Å². The third-order valence-corrected chi connectivity index (χ3v) is 3.31. The van der Waals surface area contributed by atoms with Crippen molar-refractivity contribution < 1.29 is 9.84 Å². The first-order valence-electron chi connectivity index (χ1n) is 7.67. The number of methoxy groups -OCH3 is 1. The molecule has 20 heavy (non-hydrogen) atoms. The van der Waals surface area contributed by atoms with Gasteiger partial charge in [0.25, 0.3) is 0 Å². The smallest absolute Gasteiger partial charge is 0.191 e. The first-order chi connectivity index (χ1) is 9.49. The molecule has 0 bridgehead atoms. The lowest BCUT2D eigenvalue weighted by Crippen LogP contribution is -2.41. The molecular weight excluding hydrogens is 254 g/mol. The maximum absolute atomic E-state index is 9.08. The Morgan fingerprint density at radius 1 is 1.25 bits per heavy atom. The summed E-state index contributed by atoms with van der Waals surface area (Å²) in [4.78, 5) is 4.56. The molecule has 1 unspecified atom stereocenters. The Bertz CT molecular complexity index is 262. The van der Waals surface area contributed by atoms with Crippen molar-refractivity contribution in [3.05, 3.63) is 0 Å². The summed E-state index contributed by atoms with van der Waals surface area (Å²) in [6.07, 6.45) is 3.09. The minimum Gasteiger partial charge on any atom is -0.396 e. The van der Waals surface area contributed by atoms with E-state index < -0.39 is 0 Å². The molecule has 0 heterocycles. The zero-order valence-corrected chi connectivity index (χ0v) is 13.8. The monoisotopic (exact) mass is 287 g/mol. The second-order valence-electron chi connectivity index (χ2n) is 5.71. The second kappa shape index (κ2) is 10.9. The van der Waals surface area contributed by atoms with Crippen molar-refractivity contribution in [1.29, 1.82) is 0 Å². The van der Waals surface area contributed by atoms with Gasteiger partial charge in [-0.15, -0.1) is 0 Å². The first-order valence-corrected chi connectivity index (χ1v) is 7.67. The van der Waals surface area contributed by atoms with E-state index in [-0.39, 0.29) is 12.2 Å². The predicted octanol–water partition coefficient (Wildman–Crippen LogP) is 1.77. The van der Waals surface area contributed by atoms with Crippen LogP contribution in [0, 0.1) is 5.92 Å². The summed E-state index contributed by atoms with van der Waals surface area (Å²) in [5, 5.41) is 15.7. The van der Waals surface area contributed by atoms with Gasteiger partial charge in [-0.3, -0.25) is 4.99 Å². The number of aliphatic imine (C=N–C) groups is 1. The molecule has 0 aliphatic heterocycles. The highest BCUT2D eigenvalue weighted by Gasteiger charge is 2.16. The highest BCUT2D eigenvalue weighted by atomic mass is 16.5. The first kappa shape index (κ1) is 19.2. The molecule has 0 spiro atoms. The predicted molar refractivity (Wildman–Crippen MR) is 85.2 cm³/mol. The summed E-state index contributed by atoms with van der Waals surface area (Å²) < 4.78 is 5.37. The standard InChI is InChI=1S/C15H33N3O2/c1-6-8-13(9-10-19)11-17-14(16-7-2)18-12-15(3,4)20-5/h13,19H,6-12H2,1-5H3,(H2,16,17,18). The van der Waals surface area contributed by atoms with E-state index in [0.29, 0.717) is 12.5 Å². The van der Waals surface area contributed by atoms with Gasteiger partial charge in [0, 0.05) is 26.8 Å². The third-order valence-electron chi connectivity index (χ3n) is 3.31. The molecule has 0 aromatic rings. The Labute approximate surface area is 124 Å². The Kier molecular flexibility index (Phi) is 10.5. The van der Waals surface area contributed by atoms with Crippen LogP contribution in [0.1, 0.15) is 47.0 Å². The van der Waals surface area contributed by atoms with Gasteiger partial charge in [0.05, 0.1) is 12.1 Å². The van der Waals surface area contributed by atoms with Gasteiger partial charge in [0.2, 0.25) is 0 Å². The van der Waals surface area contributed by atoms with Gasteiger partial charge in [-0.2, -0.15) is 0 Å². The van der Waals surface area contributed by atoms with Crippen molar-refractivity contribution in [3.8, 4) is 0 Å². The number of ether oxygens (including phenoxy) is 1. The largest absolute Gasteiger partial charge is 0.396 e. The quantitative estimate of drug-likeness (QED) is 0.423. The molecule has 0 fully saturated rings. The molecule has 0 amide bonds. The van der Waals surface area contributed by atoms with Crippen LogP contribution < -0.4 is 10.6 Å². The van der Waals surface area contributed by atoms with E-state index in [2.05, 4.69) is 29.5 Å². The molecule has 0 saturated heterocycles. The Morgan fingerprint density at radius 3 is 2.45 bits per heavy atom. The molecule has 0 saturated carbocycles. The molecule has 120 valence electrons. The Morgan fingerprint density at radius 2 is 1.95 bits per heavy atom. The van der Waals surface area contributed by atoms with Crippen LogP contribution in [0.15, 0.2) is 4.99 Å². The second-order valence-corrected chi connectivity index (χ2v) is 5.71. The van der Waals surface area contributed by atoms with E-state index in [0.717, 1.165) is 38.3 Å². The maximum atomic E-state index is 9.08. The average molecular weight is 287 g/mol. The van der Waals surface area contributed by atoms with Crippen LogP contribution >= 0.6 is 0 Å². The number of nitrogens with one attached hydrogen (secondary N) is 2. The van der Waals surface area contributed by atoms with E-state index in [1.165, 1.54) is 0 Å². The van der Waals surface area contributed by atoms with Gasteiger partial charge in [-0.05, 0) is 39.5 Å². The molecule has 5 nitrogen and oxygen atoms in total. The van der Waals surface area contributed by atoms with Crippen LogP contribution in [0.3, 0.4) is 0 Å². The fraction of sp³-hybridized carbons (Fsp3) is 0.933. The molecule has 1 atom stereocenters. The van der Waals surface area contributed by atoms with Crippen molar-refractivity contribution in [2.75, 3.05) is 33.4 Å². The van der Waals surface area contributed by atoms with E-state index in [1.54, 1.807) is 7.11 Å². The third kappa shape index (κ3) is 9.15. The lowest BCUT2D eigenvalue weighted by Gasteiger charge is -2.22. The van der Waals surface area contributed by atoms with Crippen molar-refractivity contribution >= 4 is 5.96 Å². The lowest BCUT2D eigenvalue weighted by atomic mass is 10.0. The van der Waals surface area contributed by atoms with Gasteiger partial charge in [-0.1, -0.05) is 13.3 Å². The van der Waals surface area contributed by atoms with Gasteiger partial charge in [-0.25, -0.2) is 0 Å². The summed E-state index contributed by atoms with van der Waals surface area (Å²) >= 11 is 0. The topological polar surface area (TPSA) is 65.9 Å². The van der Waals surface area contributed by atoms with Crippen LogP contribution in [0.2, 0.25) is 0 Å². The average Bonchev–Trinajstić information content (AvgIpc) is 2.42. The van der Waals surface area contributed by atoms with Gasteiger partial charge >= 0.3 is 0 Å². The molecule has 0 aromatic carbocycles. The fourth-order valence-electron chi connectivity index (χ4n) is 1.86. The minimum absolute atomic E-state index is 0.247. The summed E-state index contributed by atoms with van der Waals surface area (Å²) in [5.41, 5.74) is -0.254. The van der Waals surface area contributed by atoms with Crippen LogP contribution in [0.25, 0.3) is 0 Å².